The summed E-state index contributed by atoms with van der Waals surface area (Å²) >= 11 is 0. The monoisotopic (exact) mass is 381 g/mol. The van der Waals surface area contributed by atoms with E-state index in [9.17, 15) is 0 Å². The average molecular weight is 382 g/mol. The highest BCUT2D eigenvalue weighted by atomic mass is 35.5. The summed E-state index contributed by atoms with van der Waals surface area (Å²) in [5.41, 5.74) is 10.9. The molecule has 1 nitrogen and oxygen atoms in total. The number of hydrogen-bond donors (Lipinski definition) is 1. The van der Waals surface area contributed by atoms with Gasteiger partial charge in [0.05, 0.1) is 0 Å². The molecule has 0 amide bonds. The molecule has 152 valence electrons. The standard InChI is InChI=1S/C24H43N.ClH/c1-4-7-8-9-10-11-12-13-14-15-16-20-24(25)23-19-17-18-21(5-2)22(23)6-3;/h17-19,24H,4-16,20,25H2,1-3H3;1H. The Hall–Kier alpha value is -0.530. The molecule has 2 heteroatoms. The summed E-state index contributed by atoms with van der Waals surface area (Å²) in [6.45, 7) is 6.79. The summed E-state index contributed by atoms with van der Waals surface area (Å²) in [5.74, 6) is 0. The van der Waals surface area contributed by atoms with E-state index < -0.39 is 0 Å². The maximum absolute atomic E-state index is 6.52. The minimum absolute atomic E-state index is 0. The van der Waals surface area contributed by atoms with Gasteiger partial charge in [-0.2, -0.15) is 0 Å². The second-order valence-electron chi connectivity index (χ2n) is 7.62. The first-order valence-electron chi connectivity index (χ1n) is 11.1. The van der Waals surface area contributed by atoms with Crippen LogP contribution in [0, 0.1) is 0 Å². The van der Waals surface area contributed by atoms with Gasteiger partial charge in [-0.05, 0) is 36.0 Å². The topological polar surface area (TPSA) is 26.0 Å². The molecule has 0 aliphatic carbocycles. The molecule has 0 bridgehead atoms. The zero-order chi connectivity index (χ0) is 18.3. The van der Waals surface area contributed by atoms with Crippen LogP contribution in [-0.4, -0.2) is 0 Å². The van der Waals surface area contributed by atoms with Crippen molar-refractivity contribution in [1.29, 1.82) is 0 Å². The molecule has 0 aliphatic rings. The van der Waals surface area contributed by atoms with Gasteiger partial charge in [-0.3, -0.25) is 0 Å². The van der Waals surface area contributed by atoms with Gasteiger partial charge in [-0.1, -0.05) is 110 Å². The van der Waals surface area contributed by atoms with Gasteiger partial charge in [0.2, 0.25) is 0 Å². The van der Waals surface area contributed by atoms with Crippen molar-refractivity contribution in [3.8, 4) is 0 Å². The first-order chi connectivity index (χ1) is 12.2. The summed E-state index contributed by atoms with van der Waals surface area (Å²) < 4.78 is 0. The van der Waals surface area contributed by atoms with Crippen LogP contribution in [-0.2, 0) is 12.8 Å². The van der Waals surface area contributed by atoms with Crippen molar-refractivity contribution in [3.63, 3.8) is 0 Å². The molecule has 0 aromatic heterocycles. The van der Waals surface area contributed by atoms with Crippen molar-refractivity contribution in [3.05, 3.63) is 34.9 Å². The number of nitrogens with two attached hydrogens (primary N) is 1. The van der Waals surface area contributed by atoms with Gasteiger partial charge < -0.3 is 5.73 Å². The SMILES string of the molecule is CCCCCCCCCCCCCC(N)c1cccc(CC)c1CC.Cl. The van der Waals surface area contributed by atoms with Crippen molar-refractivity contribution in [2.75, 3.05) is 0 Å². The Morgan fingerprint density at radius 2 is 1.27 bits per heavy atom. The maximum atomic E-state index is 6.52. The van der Waals surface area contributed by atoms with Gasteiger partial charge in [0.1, 0.15) is 0 Å². The fraction of sp³-hybridized carbons (Fsp3) is 0.750. The smallest absolute Gasteiger partial charge is 0.0297 e. The minimum Gasteiger partial charge on any atom is -0.324 e. The van der Waals surface area contributed by atoms with E-state index in [1.165, 1.54) is 87.3 Å². The Labute approximate surface area is 169 Å². The lowest BCUT2D eigenvalue weighted by molar-refractivity contribution is 0.525. The van der Waals surface area contributed by atoms with E-state index in [1.807, 2.05) is 0 Å². The number of halogens is 1. The lowest BCUT2D eigenvalue weighted by Crippen LogP contribution is -2.13. The van der Waals surface area contributed by atoms with Crippen LogP contribution in [0.5, 0.6) is 0 Å². The maximum Gasteiger partial charge on any atom is 0.0297 e. The molecule has 1 atom stereocenters. The molecule has 1 aromatic carbocycles. The van der Waals surface area contributed by atoms with Gasteiger partial charge >= 0.3 is 0 Å². The van der Waals surface area contributed by atoms with Crippen LogP contribution in [0.3, 0.4) is 0 Å². The van der Waals surface area contributed by atoms with Gasteiger partial charge in [0, 0.05) is 6.04 Å². The Morgan fingerprint density at radius 1 is 0.731 bits per heavy atom. The van der Waals surface area contributed by atoms with E-state index in [-0.39, 0.29) is 18.4 Å². The van der Waals surface area contributed by atoms with E-state index in [2.05, 4.69) is 39.0 Å². The summed E-state index contributed by atoms with van der Waals surface area (Å²) in [6, 6.07) is 6.92. The highest BCUT2D eigenvalue weighted by Gasteiger charge is 2.12. The number of benzene rings is 1. The fourth-order valence-corrected chi connectivity index (χ4v) is 3.95. The van der Waals surface area contributed by atoms with Crippen molar-refractivity contribution >= 4 is 12.4 Å². The van der Waals surface area contributed by atoms with Gasteiger partial charge in [-0.25, -0.2) is 0 Å². The predicted molar refractivity (Wildman–Crippen MR) is 120 cm³/mol. The van der Waals surface area contributed by atoms with Crippen molar-refractivity contribution in [2.24, 2.45) is 5.73 Å². The second kappa shape index (κ2) is 16.6. The first-order valence-corrected chi connectivity index (χ1v) is 11.1. The number of aryl methyl sites for hydroxylation is 1. The molecule has 0 heterocycles. The molecule has 1 rings (SSSR count). The van der Waals surface area contributed by atoms with E-state index in [4.69, 9.17) is 5.73 Å². The number of unbranched alkanes of at least 4 members (excludes halogenated alkanes) is 10. The average Bonchev–Trinajstić information content (AvgIpc) is 2.65. The fourth-order valence-electron chi connectivity index (χ4n) is 3.95. The van der Waals surface area contributed by atoms with Crippen LogP contribution in [0.25, 0.3) is 0 Å². The third kappa shape index (κ3) is 9.97. The molecule has 2 N–H and O–H groups in total. The molecule has 0 aliphatic heterocycles. The van der Waals surface area contributed by atoms with Crippen LogP contribution in [0.2, 0.25) is 0 Å². The normalized spacial score (nSPS) is 12.0. The molecule has 26 heavy (non-hydrogen) atoms. The quantitative estimate of drug-likeness (QED) is 0.306. The third-order valence-electron chi connectivity index (χ3n) is 5.56. The second-order valence-corrected chi connectivity index (χ2v) is 7.62. The van der Waals surface area contributed by atoms with Crippen molar-refractivity contribution in [1.82, 2.24) is 0 Å². The van der Waals surface area contributed by atoms with Crippen LogP contribution in [0.4, 0.5) is 0 Å². The minimum atomic E-state index is 0. The Bertz CT molecular complexity index is 444. The Morgan fingerprint density at radius 3 is 1.77 bits per heavy atom. The van der Waals surface area contributed by atoms with E-state index >= 15 is 0 Å². The Balaban J connectivity index is 0.00000625. The summed E-state index contributed by atoms with van der Waals surface area (Å²) in [7, 11) is 0. The molecular formula is C24H44ClN. The number of hydrogen-bond acceptors (Lipinski definition) is 1. The zero-order valence-electron chi connectivity index (χ0n) is 17.7. The number of rotatable bonds is 15. The van der Waals surface area contributed by atoms with Crippen molar-refractivity contribution in [2.45, 2.75) is 117 Å². The first kappa shape index (κ1) is 25.5. The highest BCUT2D eigenvalue weighted by molar-refractivity contribution is 5.85. The lowest BCUT2D eigenvalue weighted by Gasteiger charge is -2.18. The molecule has 0 saturated heterocycles. The Kier molecular flexibility index (Phi) is 16.3. The molecule has 1 unspecified atom stereocenters. The molecule has 0 spiro atoms. The van der Waals surface area contributed by atoms with Crippen LogP contribution in [0.1, 0.15) is 121 Å². The van der Waals surface area contributed by atoms with Gasteiger partial charge in [0.15, 0.2) is 0 Å². The van der Waals surface area contributed by atoms with E-state index in [0.717, 1.165) is 19.3 Å². The van der Waals surface area contributed by atoms with Crippen LogP contribution < -0.4 is 5.73 Å². The summed E-state index contributed by atoms with van der Waals surface area (Å²) in [4.78, 5) is 0. The highest BCUT2D eigenvalue weighted by Crippen LogP contribution is 2.25. The van der Waals surface area contributed by atoms with Crippen LogP contribution in [0.15, 0.2) is 18.2 Å². The molecular weight excluding hydrogens is 338 g/mol. The third-order valence-corrected chi connectivity index (χ3v) is 5.56. The van der Waals surface area contributed by atoms with Crippen LogP contribution >= 0.6 is 12.4 Å². The largest absolute Gasteiger partial charge is 0.324 e. The molecule has 1 aromatic rings. The van der Waals surface area contributed by atoms with Gasteiger partial charge in [-0.15, -0.1) is 12.4 Å². The van der Waals surface area contributed by atoms with Crippen molar-refractivity contribution < 1.29 is 0 Å². The predicted octanol–water partition coefficient (Wildman–Crippen LogP) is 7.93. The molecule has 0 saturated carbocycles. The molecule has 0 radical (unpaired) electrons. The summed E-state index contributed by atoms with van der Waals surface area (Å²) in [6.07, 6.45) is 18.7. The lowest BCUT2D eigenvalue weighted by atomic mass is 9.91. The summed E-state index contributed by atoms with van der Waals surface area (Å²) in [5, 5.41) is 0. The van der Waals surface area contributed by atoms with Gasteiger partial charge in [0.25, 0.3) is 0 Å². The van der Waals surface area contributed by atoms with E-state index in [0.29, 0.717) is 0 Å². The zero-order valence-corrected chi connectivity index (χ0v) is 18.5. The van der Waals surface area contributed by atoms with E-state index in [1.54, 1.807) is 0 Å². The molecule has 0 fully saturated rings.